The largest absolute Gasteiger partial charge is 0.487 e. The van der Waals surface area contributed by atoms with E-state index >= 15 is 0 Å². The Kier molecular flexibility index (Phi) is 6.56. The molecule has 3 aliphatic rings. The second kappa shape index (κ2) is 9.91. The van der Waals surface area contributed by atoms with Crippen LogP contribution in [0.15, 0.2) is 30.5 Å². The fourth-order valence-electron chi connectivity index (χ4n) is 4.87. The van der Waals surface area contributed by atoms with Gasteiger partial charge in [-0.3, -0.25) is 4.79 Å². The molecule has 1 saturated carbocycles. The van der Waals surface area contributed by atoms with Crippen LogP contribution < -0.4 is 25.4 Å². The number of nitrogens with one attached hydrogen (secondary N) is 3. The van der Waals surface area contributed by atoms with Crippen molar-refractivity contribution in [2.24, 2.45) is 0 Å². The van der Waals surface area contributed by atoms with E-state index in [2.05, 4.69) is 27.9 Å². The molecule has 2 aromatic rings. The zero-order valence-corrected chi connectivity index (χ0v) is 19.6. The summed E-state index contributed by atoms with van der Waals surface area (Å²) in [4.78, 5) is 28.2. The van der Waals surface area contributed by atoms with E-state index in [9.17, 15) is 9.59 Å². The van der Waals surface area contributed by atoms with Crippen LogP contribution in [0.25, 0.3) is 0 Å². The van der Waals surface area contributed by atoms with Gasteiger partial charge in [-0.1, -0.05) is 39.0 Å². The van der Waals surface area contributed by atoms with Crippen molar-refractivity contribution in [3.05, 3.63) is 41.6 Å². The topological polar surface area (TPSA) is 102 Å². The van der Waals surface area contributed by atoms with E-state index in [-0.39, 0.29) is 30.0 Å². The Morgan fingerprint density at radius 2 is 2.03 bits per heavy atom. The number of pyridine rings is 1. The monoisotopic (exact) mass is 464 g/mol. The summed E-state index contributed by atoms with van der Waals surface area (Å²) in [5, 5.41) is 8.82. The molecule has 3 N–H and O–H groups in total. The van der Waals surface area contributed by atoms with Crippen LogP contribution in [-0.2, 0) is 11.2 Å². The van der Waals surface area contributed by atoms with Gasteiger partial charge in [-0.15, -0.1) is 0 Å². The van der Waals surface area contributed by atoms with Gasteiger partial charge in [0.1, 0.15) is 29.2 Å². The molecule has 0 spiro atoms. The number of rotatable bonds is 10. The molecule has 8 heteroatoms. The average Bonchev–Trinajstić information content (AvgIpc) is 3.34. The minimum atomic E-state index is -0.129. The maximum absolute atomic E-state index is 12.3. The number of hydrogen-bond donors (Lipinski definition) is 3. The Labute approximate surface area is 199 Å². The van der Waals surface area contributed by atoms with Crippen LogP contribution in [-0.4, -0.2) is 35.6 Å². The predicted octanol–water partition coefficient (Wildman–Crippen LogP) is 4.65. The first kappa shape index (κ1) is 22.5. The van der Waals surface area contributed by atoms with Crippen molar-refractivity contribution >= 4 is 17.8 Å². The molecule has 3 atom stereocenters. The number of hydrogen-bond acceptors (Lipinski definition) is 5. The molecule has 0 saturated heterocycles. The summed E-state index contributed by atoms with van der Waals surface area (Å²) in [7, 11) is 0. The van der Waals surface area contributed by atoms with Gasteiger partial charge in [0.05, 0.1) is 12.0 Å². The lowest BCUT2D eigenvalue weighted by molar-refractivity contribution is -0.116. The summed E-state index contributed by atoms with van der Waals surface area (Å²) in [6.45, 7) is 2.91. The Morgan fingerprint density at radius 3 is 2.91 bits per heavy atom. The summed E-state index contributed by atoms with van der Waals surface area (Å²) >= 11 is 0. The van der Waals surface area contributed by atoms with Gasteiger partial charge in [0.15, 0.2) is 0 Å². The number of aromatic nitrogens is 1. The molecule has 1 aliphatic carbocycles. The molecular formula is C26H32N4O4. The van der Waals surface area contributed by atoms with Crippen molar-refractivity contribution in [1.82, 2.24) is 15.6 Å². The molecule has 3 heterocycles. The number of carbonyl (C=O) groups is 2. The number of benzene rings is 1. The lowest BCUT2D eigenvalue weighted by Gasteiger charge is -2.19. The molecule has 180 valence electrons. The standard InChI is InChI=1S/C26H32N4O4/c1-2-3-4-5-6-7-13-28-26(32)30-23-22-18-15-16(8-10-19(18)34-24(22)23)33-20-12-14-27-25-17(20)9-11-21(31)29-25/h8,10,12,14-15,22-24H,2-7,9,11,13H2,1H3,(H,27,29,31)(H2,28,30,32)/t22-,23+,24-/m0/s1. The van der Waals surface area contributed by atoms with Crippen LogP contribution in [0.1, 0.15) is 68.9 Å². The molecule has 1 aromatic carbocycles. The second-order valence-electron chi connectivity index (χ2n) is 9.29. The minimum absolute atomic E-state index is 0.0174. The molecule has 0 unspecified atom stereocenters. The number of amides is 3. The third kappa shape index (κ3) is 4.81. The maximum atomic E-state index is 12.3. The fraction of sp³-hybridized carbons (Fsp3) is 0.500. The first-order valence-corrected chi connectivity index (χ1v) is 12.4. The van der Waals surface area contributed by atoms with Gasteiger partial charge < -0.3 is 25.4 Å². The van der Waals surface area contributed by atoms with Crippen LogP contribution in [0.3, 0.4) is 0 Å². The number of ether oxygens (including phenoxy) is 2. The quantitative estimate of drug-likeness (QED) is 0.445. The van der Waals surface area contributed by atoms with E-state index in [0.717, 1.165) is 29.7 Å². The summed E-state index contributed by atoms with van der Waals surface area (Å²) in [5.41, 5.74) is 1.96. The van der Waals surface area contributed by atoms with Crippen molar-refractivity contribution < 1.29 is 19.1 Å². The third-order valence-electron chi connectivity index (χ3n) is 6.77. The molecule has 5 rings (SSSR count). The van der Waals surface area contributed by atoms with E-state index in [4.69, 9.17) is 9.47 Å². The van der Waals surface area contributed by atoms with Gasteiger partial charge >= 0.3 is 6.03 Å². The summed E-state index contributed by atoms with van der Waals surface area (Å²) < 4.78 is 12.2. The van der Waals surface area contributed by atoms with E-state index < -0.39 is 0 Å². The fourth-order valence-corrected chi connectivity index (χ4v) is 4.87. The molecule has 2 aliphatic heterocycles. The molecule has 1 fully saturated rings. The van der Waals surface area contributed by atoms with Gasteiger partial charge in [-0.05, 0) is 37.1 Å². The number of urea groups is 1. The lowest BCUT2D eigenvalue weighted by Crippen LogP contribution is -2.39. The van der Waals surface area contributed by atoms with E-state index in [0.29, 0.717) is 36.7 Å². The van der Waals surface area contributed by atoms with Gasteiger partial charge in [-0.2, -0.15) is 0 Å². The van der Waals surface area contributed by atoms with Crippen LogP contribution in [0.2, 0.25) is 0 Å². The van der Waals surface area contributed by atoms with Gasteiger partial charge in [0, 0.05) is 30.3 Å². The number of nitrogens with zero attached hydrogens (tertiary/aromatic N) is 1. The third-order valence-corrected chi connectivity index (χ3v) is 6.77. The smallest absolute Gasteiger partial charge is 0.315 e. The Morgan fingerprint density at radius 1 is 1.18 bits per heavy atom. The van der Waals surface area contributed by atoms with E-state index in [1.54, 1.807) is 6.20 Å². The number of carbonyl (C=O) groups excluding carboxylic acids is 2. The highest BCUT2D eigenvalue weighted by Crippen LogP contribution is 2.54. The highest BCUT2D eigenvalue weighted by molar-refractivity contribution is 5.93. The zero-order valence-electron chi connectivity index (χ0n) is 19.6. The Hall–Kier alpha value is -3.29. The Balaban J connectivity index is 1.14. The van der Waals surface area contributed by atoms with Crippen molar-refractivity contribution in [2.75, 3.05) is 11.9 Å². The zero-order chi connectivity index (χ0) is 23.5. The first-order chi connectivity index (χ1) is 16.6. The minimum Gasteiger partial charge on any atom is -0.487 e. The number of anilines is 1. The highest BCUT2D eigenvalue weighted by atomic mass is 16.5. The van der Waals surface area contributed by atoms with Crippen molar-refractivity contribution in [2.45, 2.75) is 76.4 Å². The number of unbranched alkanes of at least 4 members (excludes halogenated alkanes) is 5. The normalized spacial score (nSPS) is 21.4. The van der Waals surface area contributed by atoms with Crippen LogP contribution in [0.5, 0.6) is 17.2 Å². The van der Waals surface area contributed by atoms with Crippen molar-refractivity contribution in [1.29, 1.82) is 0 Å². The van der Waals surface area contributed by atoms with Gasteiger partial charge in [0.25, 0.3) is 0 Å². The first-order valence-electron chi connectivity index (χ1n) is 12.4. The van der Waals surface area contributed by atoms with Crippen molar-refractivity contribution in [3.63, 3.8) is 0 Å². The van der Waals surface area contributed by atoms with Gasteiger partial charge in [0.2, 0.25) is 5.91 Å². The molecule has 3 amide bonds. The lowest BCUT2D eigenvalue weighted by atomic mass is 10.1. The number of fused-ring (bicyclic) bond motifs is 4. The summed E-state index contributed by atoms with van der Waals surface area (Å²) in [6.07, 6.45) is 9.84. The maximum Gasteiger partial charge on any atom is 0.315 e. The summed E-state index contributed by atoms with van der Waals surface area (Å²) in [5.74, 6) is 2.92. The van der Waals surface area contributed by atoms with Crippen LogP contribution >= 0.6 is 0 Å². The highest BCUT2D eigenvalue weighted by Gasteiger charge is 2.59. The average molecular weight is 465 g/mol. The molecule has 1 aromatic heterocycles. The van der Waals surface area contributed by atoms with Crippen molar-refractivity contribution in [3.8, 4) is 17.2 Å². The Bertz CT molecular complexity index is 1070. The molecule has 0 radical (unpaired) electrons. The molecule has 34 heavy (non-hydrogen) atoms. The van der Waals surface area contributed by atoms with Gasteiger partial charge in [-0.25, -0.2) is 9.78 Å². The molecule has 8 nitrogen and oxygen atoms in total. The van der Waals surface area contributed by atoms with Crippen LogP contribution in [0.4, 0.5) is 10.6 Å². The summed E-state index contributed by atoms with van der Waals surface area (Å²) in [6, 6.07) is 7.46. The molecular weight excluding hydrogens is 432 g/mol. The van der Waals surface area contributed by atoms with E-state index in [1.165, 1.54) is 25.7 Å². The van der Waals surface area contributed by atoms with E-state index in [1.807, 2.05) is 24.3 Å². The second-order valence-corrected chi connectivity index (χ2v) is 9.29. The molecule has 0 bridgehead atoms. The predicted molar refractivity (Wildman–Crippen MR) is 129 cm³/mol. The SMILES string of the molecule is CCCCCCCCNC(=O)N[C@H]1[C@H]2Oc3ccc(Oc4ccnc5c4CCC(=O)N5)cc3[C@@H]12. The van der Waals surface area contributed by atoms with Crippen LogP contribution in [0, 0.1) is 0 Å².